The number of anilines is 1. The van der Waals surface area contributed by atoms with Gasteiger partial charge in [-0.25, -0.2) is 0 Å². The Morgan fingerprint density at radius 3 is 2.80 bits per heavy atom. The van der Waals surface area contributed by atoms with E-state index in [1.54, 1.807) is 0 Å². The molecule has 1 atom stereocenters. The van der Waals surface area contributed by atoms with Crippen LogP contribution in [0.1, 0.15) is 17.5 Å². The molecule has 4 heteroatoms. The Morgan fingerprint density at radius 1 is 1.25 bits per heavy atom. The van der Waals surface area contributed by atoms with Crippen molar-refractivity contribution in [3.05, 3.63) is 63.1 Å². The first-order chi connectivity index (χ1) is 9.64. The molecular formula is C16H15BrClNO. The van der Waals surface area contributed by atoms with Gasteiger partial charge in [0.15, 0.2) is 0 Å². The Hall–Kier alpha value is -1.03. The Kier molecular flexibility index (Phi) is 3.76. The molecule has 3 rings (SSSR count). The largest absolute Gasteiger partial charge is 0.394 e. The van der Waals surface area contributed by atoms with E-state index in [2.05, 4.69) is 33.4 Å². The van der Waals surface area contributed by atoms with Crippen LogP contribution in [-0.2, 0) is 12.0 Å². The van der Waals surface area contributed by atoms with E-state index < -0.39 is 5.54 Å². The third-order valence-electron chi connectivity index (χ3n) is 3.93. The van der Waals surface area contributed by atoms with Crippen LogP contribution >= 0.6 is 27.5 Å². The number of aliphatic hydroxyl groups is 1. The summed E-state index contributed by atoms with van der Waals surface area (Å²) >= 11 is 9.46. The Balaban J connectivity index is 1.97. The van der Waals surface area contributed by atoms with E-state index in [4.69, 9.17) is 11.6 Å². The second-order valence-electron chi connectivity index (χ2n) is 5.15. The van der Waals surface area contributed by atoms with Crippen LogP contribution in [0.5, 0.6) is 0 Å². The number of fused-ring (bicyclic) bond motifs is 1. The highest BCUT2D eigenvalue weighted by Crippen LogP contribution is 2.40. The van der Waals surface area contributed by atoms with E-state index in [9.17, 15) is 5.11 Å². The van der Waals surface area contributed by atoms with Crippen molar-refractivity contribution >= 4 is 33.2 Å². The van der Waals surface area contributed by atoms with Crippen LogP contribution in [0.4, 0.5) is 5.69 Å². The zero-order valence-electron chi connectivity index (χ0n) is 10.9. The Morgan fingerprint density at radius 2 is 2.05 bits per heavy atom. The van der Waals surface area contributed by atoms with Gasteiger partial charge in [-0.3, -0.25) is 0 Å². The Labute approximate surface area is 131 Å². The summed E-state index contributed by atoms with van der Waals surface area (Å²) in [5, 5.41) is 14.1. The lowest BCUT2D eigenvalue weighted by Crippen LogP contribution is -2.36. The monoisotopic (exact) mass is 351 g/mol. The van der Waals surface area contributed by atoms with E-state index >= 15 is 0 Å². The van der Waals surface area contributed by atoms with E-state index in [0.29, 0.717) is 5.02 Å². The molecule has 104 valence electrons. The van der Waals surface area contributed by atoms with Gasteiger partial charge >= 0.3 is 0 Å². The maximum atomic E-state index is 9.95. The zero-order valence-corrected chi connectivity index (χ0v) is 13.2. The van der Waals surface area contributed by atoms with Gasteiger partial charge < -0.3 is 10.4 Å². The quantitative estimate of drug-likeness (QED) is 0.861. The molecule has 0 saturated carbocycles. The van der Waals surface area contributed by atoms with Gasteiger partial charge in [-0.2, -0.15) is 0 Å². The molecule has 0 bridgehead atoms. The predicted octanol–water partition coefficient (Wildman–Crippen LogP) is 4.35. The average molecular weight is 353 g/mol. The normalized spacial score (nSPS) is 20.8. The molecule has 2 N–H and O–H groups in total. The molecule has 0 aliphatic heterocycles. The maximum Gasteiger partial charge on any atom is 0.0862 e. The molecule has 0 radical (unpaired) electrons. The van der Waals surface area contributed by atoms with Crippen molar-refractivity contribution in [1.82, 2.24) is 0 Å². The van der Waals surface area contributed by atoms with Crippen molar-refractivity contribution in [2.24, 2.45) is 0 Å². The van der Waals surface area contributed by atoms with Gasteiger partial charge in [0.05, 0.1) is 17.2 Å². The molecule has 0 spiro atoms. The molecular weight excluding hydrogens is 338 g/mol. The average Bonchev–Trinajstić information content (AvgIpc) is 2.83. The van der Waals surface area contributed by atoms with E-state index in [1.165, 1.54) is 11.1 Å². The van der Waals surface area contributed by atoms with Crippen LogP contribution in [0.2, 0.25) is 5.02 Å². The number of rotatable bonds is 3. The number of halogens is 2. The summed E-state index contributed by atoms with van der Waals surface area (Å²) in [6, 6.07) is 14.0. The van der Waals surface area contributed by atoms with E-state index in [0.717, 1.165) is 23.0 Å². The highest BCUT2D eigenvalue weighted by atomic mass is 79.9. The summed E-state index contributed by atoms with van der Waals surface area (Å²) in [7, 11) is 0. The smallest absolute Gasteiger partial charge is 0.0862 e. The molecule has 0 amide bonds. The third-order valence-corrected chi connectivity index (χ3v) is 5.14. The molecule has 2 aromatic rings. The lowest BCUT2D eigenvalue weighted by Gasteiger charge is -2.31. The number of hydrogen-bond donors (Lipinski definition) is 2. The predicted molar refractivity (Wildman–Crippen MR) is 86.3 cm³/mol. The minimum absolute atomic E-state index is 0.0737. The van der Waals surface area contributed by atoms with Gasteiger partial charge in [-0.05, 0) is 58.1 Å². The molecule has 1 unspecified atom stereocenters. The lowest BCUT2D eigenvalue weighted by atomic mass is 9.92. The van der Waals surface area contributed by atoms with Gasteiger partial charge in [0.2, 0.25) is 0 Å². The van der Waals surface area contributed by atoms with E-state index in [-0.39, 0.29) is 6.61 Å². The van der Waals surface area contributed by atoms with Crippen LogP contribution in [0, 0.1) is 0 Å². The summed E-state index contributed by atoms with van der Waals surface area (Å²) in [4.78, 5) is 0. The molecule has 0 aromatic heterocycles. The summed E-state index contributed by atoms with van der Waals surface area (Å²) in [5.74, 6) is 0. The fraction of sp³-hybridized carbons (Fsp3) is 0.250. The zero-order chi connectivity index (χ0) is 14.2. The highest BCUT2D eigenvalue weighted by molar-refractivity contribution is 9.10. The molecule has 0 saturated heterocycles. The molecule has 1 aliphatic carbocycles. The molecule has 2 aromatic carbocycles. The second kappa shape index (κ2) is 5.40. The fourth-order valence-electron chi connectivity index (χ4n) is 2.87. The van der Waals surface area contributed by atoms with Gasteiger partial charge in [-0.15, -0.1) is 0 Å². The minimum atomic E-state index is -0.399. The molecule has 20 heavy (non-hydrogen) atoms. The van der Waals surface area contributed by atoms with E-state index in [1.807, 2.05) is 30.3 Å². The van der Waals surface area contributed by atoms with Gasteiger partial charge in [0, 0.05) is 10.2 Å². The van der Waals surface area contributed by atoms with Crippen molar-refractivity contribution in [3.63, 3.8) is 0 Å². The summed E-state index contributed by atoms with van der Waals surface area (Å²) in [6.45, 7) is 0.0737. The molecule has 1 aliphatic rings. The standard InChI is InChI=1S/C16H15BrClNO/c17-14-9-12(5-6-15(14)18)19-16(10-20)8-7-11-3-1-2-4-13(11)16/h1-6,9,19-20H,7-8,10H2. The SMILES string of the molecule is OCC1(Nc2ccc(Cl)c(Br)c2)CCc2ccccc21. The van der Waals surface area contributed by atoms with Crippen LogP contribution < -0.4 is 5.32 Å². The number of aliphatic hydroxyl groups excluding tert-OH is 1. The first-order valence-electron chi connectivity index (χ1n) is 6.57. The summed E-state index contributed by atoms with van der Waals surface area (Å²) in [5.41, 5.74) is 3.05. The number of hydrogen-bond acceptors (Lipinski definition) is 2. The maximum absolute atomic E-state index is 9.95. The van der Waals surface area contributed by atoms with Crippen molar-refractivity contribution in [2.75, 3.05) is 11.9 Å². The topological polar surface area (TPSA) is 32.3 Å². The number of benzene rings is 2. The van der Waals surface area contributed by atoms with Crippen LogP contribution in [-0.4, -0.2) is 11.7 Å². The van der Waals surface area contributed by atoms with Gasteiger partial charge in [0.25, 0.3) is 0 Å². The highest BCUT2D eigenvalue weighted by Gasteiger charge is 2.37. The molecule has 0 heterocycles. The molecule has 0 fully saturated rings. The summed E-state index contributed by atoms with van der Waals surface area (Å²) < 4.78 is 0.850. The first kappa shape index (κ1) is 13.9. The van der Waals surface area contributed by atoms with Crippen LogP contribution in [0.25, 0.3) is 0 Å². The number of aryl methyl sites for hydroxylation is 1. The third kappa shape index (κ3) is 2.34. The lowest BCUT2D eigenvalue weighted by molar-refractivity contribution is 0.212. The first-order valence-corrected chi connectivity index (χ1v) is 7.74. The van der Waals surface area contributed by atoms with Gasteiger partial charge in [-0.1, -0.05) is 35.9 Å². The minimum Gasteiger partial charge on any atom is -0.394 e. The second-order valence-corrected chi connectivity index (χ2v) is 6.41. The van der Waals surface area contributed by atoms with Crippen LogP contribution in [0.15, 0.2) is 46.9 Å². The van der Waals surface area contributed by atoms with Crippen molar-refractivity contribution in [2.45, 2.75) is 18.4 Å². The number of nitrogens with one attached hydrogen (secondary N) is 1. The van der Waals surface area contributed by atoms with Crippen molar-refractivity contribution in [3.8, 4) is 0 Å². The molecule has 2 nitrogen and oxygen atoms in total. The van der Waals surface area contributed by atoms with Crippen molar-refractivity contribution in [1.29, 1.82) is 0 Å². The van der Waals surface area contributed by atoms with Crippen LogP contribution in [0.3, 0.4) is 0 Å². The fourth-order valence-corrected chi connectivity index (χ4v) is 3.37. The Bertz CT molecular complexity index is 646. The van der Waals surface area contributed by atoms with Gasteiger partial charge in [0.1, 0.15) is 0 Å². The summed E-state index contributed by atoms with van der Waals surface area (Å²) in [6.07, 6.45) is 1.88. The van der Waals surface area contributed by atoms with Crippen molar-refractivity contribution < 1.29 is 5.11 Å².